The highest BCUT2D eigenvalue weighted by atomic mass is 127. The largest absolute Gasteiger partial charge is 0.357 e. The van der Waals surface area contributed by atoms with E-state index >= 15 is 0 Å². The van der Waals surface area contributed by atoms with Gasteiger partial charge in [-0.2, -0.15) is 11.3 Å². The average Bonchev–Trinajstić information content (AvgIpc) is 3.06. The molecule has 1 unspecified atom stereocenters. The quantitative estimate of drug-likeness (QED) is 0.397. The lowest BCUT2D eigenvalue weighted by Crippen LogP contribution is -2.42. The summed E-state index contributed by atoms with van der Waals surface area (Å²) in [6.07, 6.45) is 2.57. The molecule has 1 aliphatic rings. The van der Waals surface area contributed by atoms with E-state index in [0.717, 1.165) is 31.5 Å². The second kappa shape index (κ2) is 11.3. The van der Waals surface area contributed by atoms with Crippen molar-refractivity contribution in [2.75, 3.05) is 39.8 Å². The van der Waals surface area contributed by atoms with Crippen LogP contribution in [0.25, 0.3) is 0 Å². The van der Waals surface area contributed by atoms with Gasteiger partial charge in [-0.1, -0.05) is 6.92 Å². The summed E-state index contributed by atoms with van der Waals surface area (Å²) in [5.74, 6) is 2.21. The minimum atomic E-state index is 0. The summed E-state index contributed by atoms with van der Waals surface area (Å²) >= 11 is 1.76. The first-order chi connectivity index (χ1) is 10.7. The Kier molecular flexibility index (Phi) is 10.1. The van der Waals surface area contributed by atoms with E-state index in [2.05, 4.69) is 53.3 Å². The van der Waals surface area contributed by atoms with Crippen LogP contribution in [0.5, 0.6) is 0 Å². The molecule has 1 aliphatic heterocycles. The van der Waals surface area contributed by atoms with E-state index in [1.54, 1.807) is 11.3 Å². The van der Waals surface area contributed by atoms with Gasteiger partial charge in [0.05, 0.1) is 0 Å². The zero-order chi connectivity index (χ0) is 15.8. The Labute approximate surface area is 162 Å². The Morgan fingerprint density at radius 3 is 2.74 bits per heavy atom. The highest BCUT2D eigenvalue weighted by Gasteiger charge is 2.16. The summed E-state index contributed by atoms with van der Waals surface area (Å²) in [7, 11) is 2.21. The maximum absolute atomic E-state index is 4.76. The number of hydrogen-bond donors (Lipinski definition) is 2. The first kappa shape index (κ1) is 20.7. The fourth-order valence-corrected chi connectivity index (χ4v) is 3.52. The third-order valence-corrected chi connectivity index (χ3v) is 5.08. The van der Waals surface area contributed by atoms with E-state index in [1.165, 1.54) is 31.5 Å². The smallest absolute Gasteiger partial charge is 0.191 e. The monoisotopic (exact) mass is 450 g/mol. The molecule has 4 nitrogen and oxygen atoms in total. The molecule has 2 N–H and O–H groups in total. The van der Waals surface area contributed by atoms with E-state index < -0.39 is 0 Å². The first-order valence-electron chi connectivity index (χ1n) is 8.41. The molecule has 0 bridgehead atoms. The number of nitrogens with one attached hydrogen (secondary N) is 2. The maximum atomic E-state index is 4.76. The molecular formula is C17H31IN4S. The molecule has 6 heteroatoms. The van der Waals surface area contributed by atoms with E-state index in [4.69, 9.17) is 4.99 Å². The lowest BCUT2D eigenvalue weighted by Gasteiger charge is -2.29. The molecule has 1 atom stereocenters. The summed E-state index contributed by atoms with van der Waals surface area (Å²) in [5, 5.41) is 11.3. The van der Waals surface area contributed by atoms with Crippen molar-refractivity contribution in [1.29, 1.82) is 0 Å². The van der Waals surface area contributed by atoms with Crippen LogP contribution in [0.3, 0.4) is 0 Å². The number of rotatable bonds is 6. The van der Waals surface area contributed by atoms with Crippen LogP contribution in [-0.2, 0) is 0 Å². The fourth-order valence-electron chi connectivity index (χ4n) is 2.74. The SMILES string of the molecule is CCNC(=NCC(C)c1ccsc1)NCC1CCN(C)CC1.I. The van der Waals surface area contributed by atoms with Crippen molar-refractivity contribution in [2.24, 2.45) is 10.9 Å². The van der Waals surface area contributed by atoms with Crippen molar-refractivity contribution in [3.63, 3.8) is 0 Å². The summed E-state index contributed by atoms with van der Waals surface area (Å²) in [5.41, 5.74) is 1.39. The van der Waals surface area contributed by atoms with E-state index in [0.29, 0.717) is 5.92 Å². The van der Waals surface area contributed by atoms with Gasteiger partial charge in [0.25, 0.3) is 0 Å². The van der Waals surface area contributed by atoms with Gasteiger partial charge in [0.1, 0.15) is 0 Å². The maximum Gasteiger partial charge on any atom is 0.191 e. The molecule has 1 fully saturated rings. The third kappa shape index (κ3) is 7.39. The van der Waals surface area contributed by atoms with Crippen molar-refractivity contribution >= 4 is 41.3 Å². The number of halogens is 1. The molecule has 2 rings (SSSR count). The molecule has 0 amide bonds. The normalized spacial score (nSPS) is 18.3. The molecule has 1 saturated heterocycles. The van der Waals surface area contributed by atoms with Gasteiger partial charge < -0.3 is 15.5 Å². The Bertz CT molecular complexity index is 441. The van der Waals surface area contributed by atoms with Crippen molar-refractivity contribution in [1.82, 2.24) is 15.5 Å². The van der Waals surface area contributed by atoms with Crippen LogP contribution in [0.1, 0.15) is 38.2 Å². The van der Waals surface area contributed by atoms with E-state index in [-0.39, 0.29) is 24.0 Å². The van der Waals surface area contributed by atoms with Gasteiger partial charge in [0.15, 0.2) is 5.96 Å². The lowest BCUT2D eigenvalue weighted by molar-refractivity contribution is 0.220. The molecule has 0 spiro atoms. The van der Waals surface area contributed by atoms with Gasteiger partial charge in [-0.3, -0.25) is 4.99 Å². The number of thiophene rings is 1. The number of guanidine groups is 1. The van der Waals surface area contributed by atoms with Crippen LogP contribution in [0, 0.1) is 5.92 Å². The van der Waals surface area contributed by atoms with E-state index in [1.807, 2.05) is 0 Å². The summed E-state index contributed by atoms with van der Waals surface area (Å²) < 4.78 is 0. The standard InChI is InChI=1S/C17H30N4S.HI/c1-4-18-17(19-11-14(2)16-7-10-22-13-16)20-12-15-5-8-21(3)9-6-15;/h7,10,13-15H,4-6,8-9,11-12H2,1-3H3,(H2,18,19,20);1H. The van der Waals surface area contributed by atoms with Crippen molar-refractivity contribution in [3.05, 3.63) is 22.4 Å². The minimum absolute atomic E-state index is 0. The number of aliphatic imine (C=N–C) groups is 1. The molecule has 23 heavy (non-hydrogen) atoms. The molecule has 2 heterocycles. The molecular weight excluding hydrogens is 419 g/mol. The van der Waals surface area contributed by atoms with Crippen LogP contribution < -0.4 is 10.6 Å². The second-order valence-electron chi connectivity index (χ2n) is 6.30. The molecule has 132 valence electrons. The van der Waals surface area contributed by atoms with Gasteiger partial charge in [-0.05, 0) is 68.2 Å². The van der Waals surface area contributed by atoms with Gasteiger partial charge in [-0.15, -0.1) is 24.0 Å². The van der Waals surface area contributed by atoms with Gasteiger partial charge in [0.2, 0.25) is 0 Å². The Morgan fingerprint density at radius 2 is 2.13 bits per heavy atom. The molecule has 0 aliphatic carbocycles. The zero-order valence-electron chi connectivity index (χ0n) is 14.5. The molecule has 0 radical (unpaired) electrons. The van der Waals surface area contributed by atoms with Crippen LogP contribution in [-0.4, -0.2) is 50.6 Å². The predicted molar refractivity (Wildman–Crippen MR) is 112 cm³/mol. The molecule has 1 aromatic rings. The Morgan fingerprint density at radius 1 is 1.39 bits per heavy atom. The summed E-state index contributed by atoms with van der Waals surface area (Å²) in [6.45, 7) is 9.57. The fraction of sp³-hybridized carbons (Fsp3) is 0.706. The highest BCUT2D eigenvalue weighted by Crippen LogP contribution is 2.18. The van der Waals surface area contributed by atoms with Crippen LogP contribution in [0.2, 0.25) is 0 Å². The number of likely N-dealkylation sites (tertiary alicyclic amines) is 1. The van der Waals surface area contributed by atoms with Crippen molar-refractivity contribution in [3.8, 4) is 0 Å². The molecule has 0 saturated carbocycles. The lowest BCUT2D eigenvalue weighted by atomic mass is 9.97. The molecule has 0 aromatic carbocycles. The Hall–Kier alpha value is -0.340. The zero-order valence-corrected chi connectivity index (χ0v) is 17.7. The van der Waals surface area contributed by atoms with Gasteiger partial charge in [-0.25, -0.2) is 0 Å². The van der Waals surface area contributed by atoms with Crippen molar-refractivity contribution < 1.29 is 0 Å². The van der Waals surface area contributed by atoms with Crippen LogP contribution in [0.4, 0.5) is 0 Å². The predicted octanol–water partition coefficient (Wildman–Crippen LogP) is 3.37. The summed E-state index contributed by atoms with van der Waals surface area (Å²) in [4.78, 5) is 7.17. The number of hydrogen-bond acceptors (Lipinski definition) is 3. The van der Waals surface area contributed by atoms with Crippen LogP contribution >= 0.6 is 35.3 Å². The van der Waals surface area contributed by atoms with E-state index in [9.17, 15) is 0 Å². The minimum Gasteiger partial charge on any atom is -0.357 e. The highest BCUT2D eigenvalue weighted by molar-refractivity contribution is 14.0. The number of piperidine rings is 1. The number of nitrogens with zero attached hydrogens (tertiary/aromatic N) is 2. The summed E-state index contributed by atoms with van der Waals surface area (Å²) in [6, 6.07) is 2.20. The average molecular weight is 450 g/mol. The van der Waals surface area contributed by atoms with Crippen molar-refractivity contribution in [2.45, 2.75) is 32.6 Å². The third-order valence-electron chi connectivity index (χ3n) is 4.38. The van der Waals surface area contributed by atoms with Gasteiger partial charge in [0, 0.05) is 25.6 Å². The first-order valence-corrected chi connectivity index (χ1v) is 9.36. The van der Waals surface area contributed by atoms with Gasteiger partial charge >= 0.3 is 0 Å². The van der Waals surface area contributed by atoms with Crippen LogP contribution in [0.15, 0.2) is 21.8 Å². The second-order valence-corrected chi connectivity index (χ2v) is 7.08. The Balaban J connectivity index is 0.00000264. The molecule has 1 aromatic heterocycles. The topological polar surface area (TPSA) is 39.7 Å².